The van der Waals surface area contributed by atoms with Gasteiger partial charge in [-0.25, -0.2) is 17.5 Å². The molecule has 0 radical (unpaired) electrons. The van der Waals surface area contributed by atoms with Crippen LogP contribution in [-0.2, 0) is 10.0 Å². The Kier molecular flexibility index (Phi) is 4.00. The molecule has 1 N–H and O–H groups in total. The first kappa shape index (κ1) is 16.5. The molecule has 4 aliphatic carbocycles. The van der Waals surface area contributed by atoms with Gasteiger partial charge in [-0.05, 0) is 92.4 Å². The standard InChI is InChI=1S/C19H26FNO2S/c1-2-18(21-24(22,23)17-5-3-16(20)4-6-17)19-10-13-7-14(11-19)9-15(8-13)12-19/h3-6,13-15,18,21H,2,7-12H2,1H3. The third-order valence-corrected chi connectivity index (χ3v) is 8.14. The van der Waals surface area contributed by atoms with Gasteiger partial charge >= 0.3 is 0 Å². The van der Waals surface area contributed by atoms with Gasteiger partial charge in [0.1, 0.15) is 5.82 Å². The molecule has 0 saturated heterocycles. The van der Waals surface area contributed by atoms with Gasteiger partial charge in [-0.2, -0.15) is 0 Å². The number of rotatable bonds is 5. The molecule has 1 atom stereocenters. The molecule has 132 valence electrons. The lowest BCUT2D eigenvalue weighted by Crippen LogP contribution is -2.56. The smallest absolute Gasteiger partial charge is 0.208 e. The molecule has 4 bridgehead atoms. The summed E-state index contributed by atoms with van der Waals surface area (Å²) in [5.41, 5.74) is 0.136. The lowest BCUT2D eigenvalue weighted by atomic mass is 9.47. The van der Waals surface area contributed by atoms with Gasteiger partial charge in [0, 0.05) is 6.04 Å². The zero-order valence-electron chi connectivity index (χ0n) is 14.2. The van der Waals surface area contributed by atoms with Crippen LogP contribution in [0, 0.1) is 29.0 Å². The summed E-state index contributed by atoms with van der Waals surface area (Å²) in [4.78, 5) is 0.159. The van der Waals surface area contributed by atoms with Crippen molar-refractivity contribution in [3.05, 3.63) is 30.1 Å². The summed E-state index contributed by atoms with van der Waals surface area (Å²) < 4.78 is 41.6. The first-order valence-electron chi connectivity index (χ1n) is 9.18. The van der Waals surface area contributed by atoms with Crippen molar-refractivity contribution in [3.8, 4) is 0 Å². The third-order valence-electron chi connectivity index (χ3n) is 6.65. The number of halogens is 1. The van der Waals surface area contributed by atoms with Crippen molar-refractivity contribution in [2.45, 2.75) is 62.8 Å². The highest BCUT2D eigenvalue weighted by molar-refractivity contribution is 7.89. The fourth-order valence-corrected chi connectivity index (χ4v) is 7.54. The number of nitrogens with one attached hydrogen (secondary N) is 1. The van der Waals surface area contributed by atoms with Crippen LogP contribution in [0.3, 0.4) is 0 Å². The number of sulfonamides is 1. The van der Waals surface area contributed by atoms with E-state index in [-0.39, 0.29) is 16.4 Å². The minimum absolute atomic E-state index is 0.0130. The minimum atomic E-state index is -3.60. The number of benzene rings is 1. The van der Waals surface area contributed by atoms with E-state index >= 15 is 0 Å². The van der Waals surface area contributed by atoms with E-state index in [1.165, 1.54) is 62.8 Å². The maximum atomic E-state index is 13.1. The Bertz CT molecular complexity index is 678. The van der Waals surface area contributed by atoms with E-state index < -0.39 is 15.8 Å². The second kappa shape index (κ2) is 5.80. The van der Waals surface area contributed by atoms with Crippen molar-refractivity contribution < 1.29 is 12.8 Å². The topological polar surface area (TPSA) is 46.2 Å². The zero-order chi connectivity index (χ0) is 16.9. The maximum absolute atomic E-state index is 13.1. The first-order valence-corrected chi connectivity index (χ1v) is 10.7. The van der Waals surface area contributed by atoms with E-state index in [1.54, 1.807) is 0 Å². The Morgan fingerprint density at radius 2 is 1.58 bits per heavy atom. The average molecular weight is 351 g/mol. The molecule has 4 saturated carbocycles. The second-order valence-corrected chi connectivity index (χ2v) is 10.0. The predicted molar refractivity (Wildman–Crippen MR) is 91.4 cm³/mol. The largest absolute Gasteiger partial charge is 0.240 e. The molecule has 1 unspecified atom stereocenters. The highest BCUT2D eigenvalue weighted by atomic mass is 32.2. The van der Waals surface area contributed by atoms with Gasteiger partial charge in [0.25, 0.3) is 0 Å². The monoisotopic (exact) mass is 351 g/mol. The summed E-state index contributed by atoms with van der Waals surface area (Å²) in [6, 6.07) is 5.11. The molecule has 24 heavy (non-hydrogen) atoms. The Labute approximate surface area is 144 Å². The third kappa shape index (κ3) is 2.80. The van der Waals surface area contributed by atoms with Gasteiger partial charge in [0.15, 0.2) is 0 Å². The van der Waals surface area contributed by atoms with E-state index in [9.17, 15) is 12.8 Å². The highest BCUT2D eigenvalue weighted by Gasteiger charge is 2.54. The minimum Gasteiger partial charge on any atom is -0.208 e. The molecule has 0 aromatic heterocycles. The summed E-state index contributed by atoms with van der Waals surface area (Å²) in [5.74, 6) is 1.96. The lowest BCUT2D eigenvalue weighted by molar-refractivity contribution is -0.0704. The maximum Gasteiger partial charge on any atom is 0.240 e. The molecular weight excluding hydrogens is 325 g/mol. The first-order chi connectivity index (χ1) is 11.4. The quantitative estimate of drug-likeness (QED) is 0.868. The van der Waals surface area contributed by atoms with Crippen molar-refractivity contribution in [2.24, 2.45) is 23.2 Å². The molecule has 0 aliphatic heterocycles. The summed E-state index contributed by atoms with van der Waals surface area (Å²) in [7, 11) is -3.60. The van der Waals surface area contributed by atoms with Crippen LogP contribution in [0.25, 0.3) is 0 Å². The van der Waals surface area contributed by atoms with Crippen LogP contribution in [0.5, 0.6) is 0 Å². The van der Waals surface area contributed by atoms with Crippen molar-refractivity contribution in [3.63, 3.8) is 0 Å². The van der Waals surface area contributed by atoms with Gasteiger partial charge in [-0.15, -0.1) is 0 Å². The average Bonchev–Trinajstić information content (AvgIpc) is 2.51. The SMILES string of the molecule is CCC(NS(=O)(=O)c1ccc(F)cc1)C12CC3CC(CC(C3)C1)C2. The van der Waals surface area contributed by atoms with Gasteiger partial charge in [-0.3, -0.25) is 0 Å². The summed E-state index contributed by atoms with van der Waals surface area (Å²) in [6.45, 7) is 2.08. The highest BCUT2D eigenvalue weighted by Crippen LogP contribution is 2.61. The molecule has 0 heterocycles. The molecule has 1 aromatic carbocycles. The molecule has 3 nitrogen and oxygen atoms in total. The second-order valence-electron chi connectivity index (χ2n) is 8.32. The van der Waals surface area contributed by atoms with Crippen molar-refractivity contribution in [2.75, 3.05) is 0 Å². The molecule has 4 aliphatic rings. The normalized spacial score (nSPS) is 36.0. The van der Waals surface area contributed by atoms with E-state index in [4.69, 9.17) is 0 Å². The Balaban J connectivity index is 1.59. The summed E-state index contributed by atoms with van der Waals surface area (Å²) >= 11 is 0. The Hall–Kier alpha value is -0.940. The molecule has 4 fully saturated rings. The fraction of sp³-hybridized carbons (Fsp3) is 0.684. The van der Waals surface area contributed by atoms with E-state index in [2.05, 4.69) is 11.6 Å². The van der Waals surface area contributed by atoms with Crippen molar-refractivity contribution in [1.29, 1.82) is 0 Å². The lowest BCUT2D eigenvalue weighted by Gasteiger charge is -2.59. The van der Waals surface area contributed by atoms with Crippen LogP contribution in [-0.4, -0.2) is 14.5 Å². The van der Waals surface area contributed by atoms with E-state index in [0.29, 0.717) is 0 Å². The van der Waals surface area contributed by atoms with Crippen LogP contribution in [0.15, 0.2) is 29.2 Å². The Morgan fingerprint density at radius 1 is 1.08 bits per heavy atom. The van der Waals surface area contributed by atoms with Gasteiger partial charge in [0.05, 0.1) is 4.90 Å². The van der Waals surface area contributed by atoms with E-state index in [1.807, 2.05) is 0 Å². The fourth-order valence-electron chi connectivity index (χ4n) is 6.11. The molecule has 5 heteroatoms. The van der Waals surface area contributed by atoms with Crippen molar-refractivity contribution in [1.82, 2.24) is 4.72 Å². The van der Waals surface area contributed by atoms with Crippen LogP contribution < -0.4 is 4.72 Å². The number of hydrogen-bond acceptors (Lipinski definition) is 2. The van der Waals surface area contributed by atoms with Crippen LogP contribution in [0.1, 0.15) is 51.9 Å². The van der Waals surface area contributed by atoms with E-state index in [0.717, 1.165) is 24.2 Å². The van der Waals surface area contributed by atoms with Gasteiger partial charge in [-0.1, -0.05) is 6.92 Å². The van der Waals surface area contributed by atoms with Crippen LogP contribution >= 0.6 is 0 Å². The van der Waals surface area contributed by atoms with Gasteiger partial charge in [0.2, 0.25) is 10.0 Å². The van der Waals surface area contributed by atoms with Gasteiger partial charge < -0.3 is 0 Å². The summed E-state index contributed by atoms with van der Waals surface area (Å²) in [6.07, 6.45) is 8.37. The summed E-state index contributed by atoms with van der Waals surface area (Å²) in [5, 5.41) is 0. The number of hydrogen-bond donors (Lipinski definition) is 1. The van der Waals surface area contributed by atoms with Crippen LogP contribution in [0.2, 0.25) is 0 Å². The molecular formula is C19H26FNO2S. The molecule has 0 amide bonds. The predicted octanol–water partition coefficient (Wildman–Crippen LogP) is 4.10. The van der Waals surface area contributed by atoms with Crippen molar-refractivity contribution >= 4 is 10.0 Å². The van der Waals surface area contributed by atoms with Crippen LogP contribution in [0.4, 0.5) is 4.39 Å². The molecule has 0 spiro atoms. The zero-order valence-corrected chi connectivity index (χ0v) is 15.0. The molecule has 1 aromatic rings. The Morgan fingerprint density at radius 3 is 2.04 bits per heavy atom. The molecule has 5 rings (SSSR count).